The number of rotatable bonds is 5. The number of nitrogens with zero attached hydrogens (tertiary/aromatic N) is 1. The highest BCUT2D eigenvalue weighted by molar-refractivity contribution is 7.99. The van der Waals surface area contributed by atoms with Gasteiger partial charge in [0.2, 0.25) is 0 Å². The van der Waals surface area contributed by atoms with Crippen LogP contribution in [0, 0.1) is 5.92 Å². The predicted molar refractivity (Wildman–Crippen MR) is 72.4 cm³/mol. The number of halogens is 1. The highest BCUT2D eigenvalue weighted by atomic mass is 35.5. The summed E-state index contributed by atoms with van der Waals surface area (Å²) < 4.78 is 0. The lowest BCUT2D eigenvalue weighted by molar-refractivity contribution is 0.350. The Kier molecular flexibility index (Phi) is 5.01. The Hall–Kier alpha value is -0.180. The van der Waals surface area contributed by atoms with E-state index in [4.69, 9.17) is 11.6 Å². The van der Waals surface area contributed by atoms with Gasteiger partial charge in [0, 0.05) is 29.6 Å². The lowest BCUT2D eigenvalue weighted by Crippen LogP contribution is -2.23. The zero-order chi connectivity index (χ0) is 11.2. The highest BCUT2D eigenvalue weighted by Crippen LogP contribution is 2.20. The molecule has 0 spiro atoms. The van der Waals surface area contributed by atoms with E-state index in [1.807, 2.05) is 11.8 Å². The number of thioether (sulfide) groups is 1. The van der Waals surface area contributed by atoms with Gasteiger partial charge in [0.1, 0.15) is 0 Å². The maximum Gasteiger partial charge on any atom is 0.0264 e. The van der Waals surface area contributed by atoms with Crippen LogP contribution in [0.15, 0.2) is 35.2 Å². The fourth-order valence-electron chi connectivity index (χ4n) is 2.05. The summed E-state index contributed by atoms with van der Waals surface area (Å²) in [6.07, 6.45) is 1.28. The molecule has 1 atom stereocenters. The summed E-state index contributed by atoms with van der Waals surface area (Å²) >= 11 is 7.81. The molecule has 1 aromatic rings. The molecule has 3 heteroatoms. The first kappa shape index (κ1) is 12.3. The van der Waals surface area contributed by atoms with E-state index in [1.165, 1.54) is 36.7 Å². The van der Waals surface area contributed by atoms with Crippen LogP contribution in [-0.2, 0) is 0 Å². The number of likely N-dealkylation sites (tertiary alicyclic amines) is 1. The van der Waals surface area contributed by atoms with Crippen molar-refractivity contribution < 1.29 is 0 Å². The Morgan fingerprint density at radius 3 is 2.81 bits per heavy atom. The molecule has 1 aliphatic heterocycles. The van der Waals surface area contributed by atoms with E-state index in [2.05, 4.69) is 35.2 Å². The Morgan fingerprint density at radius 2 is 2.12 bits per heavy atom. The van der Waals surface area contributed by atoms with Gasteiger partial charge in [-0.3, -0.25) is 0 Å². The fourth-order valence-corrected chi connectivity index (χ4v) is 3.24. The van der Waals surface area contributed by atoms with Crippen molar-refractivity contribution in [3.8, 4) is 0 Å². The van der Waals surface area contributed by atoms with Crippen molar-refractivity contribution in [2.45, 2.75) is 11.3 Å². The van der Waals surface area contributed by atoms with Gasteiger partial charge < -0.3 is 4.90 Å². The van der Waals surface area contributed by atoms with Crippen molar-refractivity contribution in [1.82, 2.24) is 4.90 Å². The van der Waals surface area contributed by atoms with E-state index < -0.39 is 0 Å². The van der Waals surface area contributed by atoms with Crippen molar-refractivity contribution >= 4 is 23.4 Å². The van der Waals surface area contributed by atoms with Gasteiger partial charge >= 0.3 is 0 Å². The van der Waals surface area contributed by atoms with Crippen molar-refractivity contribution in [3.63, 3.8) is 0 Å². The van der Waals surface area contributed by atoms with Crippen molar-refractivity contribution in [3.05, 3.63) is 30.3 Å². The van der Waals surface area contributed by atoms with Gasteiger partial charge in [0.15, 0.2) is 0 Å². The van der Waals surface area contributed by atoms with E-state index in [1.54, 1.807) is 0 Å². The lowest BCUT2D eigenvalue weighted by atomic mass is 10.2. The predicted octanol–water partition coefficient (Wildman–Crippen LogP) is 3.34. The SMILES string of the molecule is ClCC1CCN(CCSc2ccccc2)C1. The molecule has 88 valence electrons. The molecule has 1 unspecified atom stereocenters. The number of alkyl halides is 1. The molecule has 1 fully saturated rings. The van der Waals surface area contributed by atoms with Gasteiger partial charge in [0.25, 0.3) is 0 Å². The van der Waals surface area contributed by atoms with Gasteiger partial charge in [-0.1, -0.05) is 18.2 Å². The maximum atomic E-state index is 5.87. The van der Waals surface area contributed by atoms with Gasteiger partial charge in [0.05, 0.1) is 0 Å². The third-order valence-corrected chi connectivity index (χ3v) is 4.44. The minimum Gasteiger partial charge on any atom is -0.302 e. The Morgan fingerprint density at radius 1 is 1.31 bits per heavy atom. The molecular weight excluding hydrogens is 238 g/mol. The molecule has 0 N–H and O–H groups in total. The molecule has 1 saturated heterocycles. The summed E-state index contributed by atoms with van der Waals surface area (Å²) in [5, 5.41) is 0. The van der Waals surface area contributed by atoms with Crippen LogP contribution in [0.2, 0.25) is 0 Å². The first-order valence-corrected chi connectivity index (χ1v) is 7.36. The molecule has 16 heavy (non-hydrogen) atoms. The maximum absolute atomic E-state index is 5.87. The van der Waals surface area contributed by atoms with Gasteiger partial charge in [-0.15, -0.1) is 23.4 Å². The fraction of sp³-hybridized carbons (Fsp3) is 0.538. The van der Waals surface area contributed by atoms with Gasteiger partial charge in [-0.05, 0) is 31.0 Å². The molecule has 1 nitrogen and oxygen atoms in total. The second-order valence-electron chi connectivity index (χ2n) is 4.27. The lowest BCUT2D eigenvalue weighted by Gasteiger charge is -2.14. The average Bonchev–Trinajstić information content (AvgIpc) is 2.78. The Bertz CT molecular complexity index is 304. The standard InChI is InChI=1S/C13H18ClNS/c14-10-12-6-7-15(11-12)8-9-16-13-4-2-1-3-5-13/h1-5,12H,6-11H2. The zero-order valence-corrected chi connectivity index (χ0v) is 11.0. The summed E-state index contributed by atoms with van der Waals surface area (Å²) in [6.45, 7) is 3.61. The molecule has 1 aliphatic rings. The highest BCUT2D eigenvalue weighted by Gasteiger charge is 2.20. The van der Waals surface area contributed by atoms with E-state index in [9.17, 15) is 0 Å². The first-order chi connectivity index (χ1) is 7.88. The molecule has 0 amide bonds. The zero-order valence-electron chi connectivity index (χ0n) is 9.44. The van der Waals surface area contributed by atoms with E-state index in [0.717, 1.165) is 11.8 Å². The Balaban J connectivity index is 1.65. The summed E-state index contributed by atoms with van der Waals surface area (Å²) in [5.41, 5.74) is 0. The molecule has 1 heterocycles. The van der Waals surface area contributed by atoms with Crippen LogP contribution in [0.5, 0.6) is 0 Å². The number of hydrogen-bond donors (Lipinski definition) is 0. The average molecular weight is 256 g/mol. The van der Waals surface area contributed by atoms with Crippen LogP contribution in [0.25, 0.3) is 0 Å². The van der Waals surface area contributed by atoms with E-state index in [0.29, 0.717) is 0 Å². The van der Waals surface area contributed by atoms with Crippen LogP contribution < -0.4 is 0 Å². The monoisotopic (exact) mass is 255 g/mol. The molecule has 0 radical (unpaired) electrons. The van der Waals surface area contributed by atoms with Gasteiger partial charge in [-0.25, -0.2) is 0 Å². The van der Waals surface area contributed by atoms with Crippen molar-refractivity contribution in [2.75, 3.05) is 31.3 Å². The summed E-state index contributed by atoms with van der Waals surface area (Å²) in [6, 6.07) is 10.6. The van der Waals surface area contributed by atoms with Gasteiger partial charge in [-0.2, -0.15) is 0 Å². The molecule has 2 rings (SSSR count). The second kappa shape index (κ2) is 6.53. The molecule has 0 aliphatic carbocycles. The first-order valence-electron chi connectivity index (χ1n) is 5.84. The van der Waals surface area contributed by atoms with E-state index >= 15 is 0 Å². The minimum absolute atomic E-state index is 0.725. The Labute approximate surface area is 107 Å². The molecule has 0 bridgehead atoms. The summed E-state index contributed by atoms with van der Waals surface area (Å²) in [4.78, 5) is 3.90. The van der Waals surface area contributed by atoms with Crippen molar-refractivity contribution in [1.29, 1.82) is 0 Å². The van der Waals surface area contributed by atoms with Crippen LogP contribution in [0.4, 0.5) is 0 Å². The van der Waals surface area contributed by atoms with Crippen LogP contribution in [-0.4, -0.2) is 36.2 Å². The smallest absolute Gasteiger partial charge is 0.0264 e. The topological polar surface area (TPSA) is 3.24 Å². The number of hydrogen-bond acceptors (Lipinski definition) is 2. The largest absolute Gasteiger partial charge is 0.302 e. The summed E-state index contributed by atoms with van der Waals surface area (Å²) in [5.74, 6) is 2.73. The molecule has 0 aromatic heterocycles. The quantitative estimate of drug-likeness (QED) is 0.587. The second-order valence-corrected chi connectivity index (χ2v) is 5.75. The van der Waals surface area contributed by atoms with Crippen LogP contribution in [0.3, 0.4) is 0 Å². The van der Waals surface area contributed by atoms with Crippen LogP contribution in [0.1, 0.15) is 6.42 Å². The summed E-state index contributed by atoms with van der Waals surface area (Å²) in [7, 11) is 0. The van der Waals surface area contributed by atoms with E-state index in [-0.39, 0.29) is 0 Å². The van der Waals surface area contributed by atoms with Crippen LogP contribution >= 0.6 is 23.4 Å². The molecule has 1 aromatic carbocycles. The normalized spacial score (nSPS) is 21.4. The third-order valence-electron chi connectivity index (χ3n) is 3.01. The minimum atomic E-state index is 0.725. The molecular formula is C13H18ClNS. The third kappa shape index (κ3) is 3.69. The number of benzene rings is 1. The van der Waals surface area contributed by atoms with Crippen molar-refractivity contribution in [2.24, 2.45) is 5.92 Å². The molecule has 0 saturated carbocycles.